The summed E-state index contributed by atoms with van der Waals surface area (Å²) in [7, 11) is 0. The van der Waals surface area contributed by atoms with Gasteiger partial charge in [-0.05, 0) is 19.1 Å². The van der Waals surface area contributed by atoms with Gasteiger partial charge in [-0.15, -0.1) is 0 Å². The fraction of sp³-hybridized carbons (Fsp3) is 0.0714. The molecule has 0 unspecified atom stereocenters. The van der Waals surface area contributed by atoms with Crippen LogP contribution in [0.1, 0.15) is 16.1 Å². The molecule has 0 fully saturated rings. The Bertz CT molecular complexity index is 943. The summed E-state index contributed by atoms with van der Waals surface area (Å²) in [6.07, 6.45) is 4.00. The Morgan fingerprint density at radius 2 is 1.96 bits per heavy atom. The molecule has 3 rings (SSSR count). The van der Waals surface area contributed by atoms with E-state index in [-0.39, 0.29) is 17.5 Å². The third kappa shape index (κ3) is 3.69. The van der Waals surface area contributed by atoms with Crippen molar-refractivity contribution in [3.63, 3.8) is 0 Å². The van der Waals surface area contributed by atoms with E-state index in [1.165, 1.54) is 24.5 Å². The maximum absolute atomic E-state index is 12.0. The maximum atomic E-state index is 12.0. The third-order valence-corrected chi connectivity index (χ3v) is 3.12. The molecule has 3 aromatic heterocycles. The molecule has 3 heterocycles. The Balaban J connectivity index is 1.81. The number of hydrazine groups is 1. The molecule has 0 aliphatic carbocycles. The van der Waals surface area contributed by atoms with E-state index in [1.807, 2.05) is 0 Å². The molecule has 0 aliphatic heterocycles. The van der Waals surface area contributed by atoms with E-state index in [0.717, 1.165) is 6.33 Å². The van der Waals surface area contributed by atoms with E-state index < -0.39 is 16.5 Å². The van der Waals surface area contributed by atoms with Crippen LogP contribution in [-0.2, 0) is 0 Å². The predicted octanol–water partition coefficient (Wildman–Crippen LogP) is 1.58. The van der Waals surface area contributed by atoms with Crippen LogP contribution in [0.5, 0.6) is 0 Å². The van der Waals surface area contributed by atoms with Crippen molar-refractivity contribution >= 4 is 29.0 Å². The first-order valence-corrected chi connectivity index (χ1v) is 7.20. The molecule has 12 nitrogen and oxygen atoms in total. The Morgan fingerprint density at radius 1 is 1.23 bits per heavy atom. The van der Waals surface area contributed by atoms with Crippen molar-refractivity contribution in [2.75, 3.05) is 10.7 Å². The summed E-state index contributed by atoms with van der Waals surface area (Å²) in [5, 5.41) is 17.8. The molecule has 0 aromatic carbocycles. The van der Waals surface area contributed by atoms with Crippen LogP contribution >= 0.6 is 0 Å². The maximum Gasteiger partial charge on any atom is 0.355 e. The first-order chi connectivity index (χ1) is 12.5. The molecule has 12 heteroatoms. The van der Waals surface area contributed by atoms with Gasteiger partial charge in [-0.2, -0.15) is 0 Å². The van der Waals surface area contributed by atoms with Crippen molar-refractivity contribution in [3.8, 4) is 0 Å². The number of rotatable bonds is 6. The van der Waals surface area contributed by atoms with Crippen molar-refractivity contribution in [1.82, 2.24) is 25.5 Å². The molecule has 0 saturated carbocycles. The molecular weight excluding hydrogens is 344 g/mol. The highest BCUT2D eigenvalue weighted by atomic mass is 16.6. The average molecular weight is 356 g/mol. The van der Waals surface area contributed by atoms with E-state index in [2.05, 4.69) is 36.3 Å². The highest BCUT2D eigenvalue weighted by Gasteiger charge is 2.24. The highest BCUT2D eigenvalue weighted by molar-refractivity contribution is 5.94. The van der Waals surface area contributed by atoms with E-state index in [9.17, 15) is 14.9 Å². The number of hydrogen-bond acceptors (Lipinski definition) is 10. The van der Waals surface area contributed by atoms with Crippen LogP contribution in [0.3, 0.4) is 0 Å². The van der Waals surface area contributed by atoms with Crippen LogP contribution in [0.15, 0.2) is 41.4 Å². The van der Waals surface area contributed by atoms with Crippen molar-refractivity contribution in [2.45, 2.75) is 6.92 Å². The topological polar surface area (TPSA) is 161 Å². The number of nitrogens with one attached hydrogen (secondary N) is 3. The minimum absolute atomic E-state index is 0.112. The first kappa shape index (κ1) is 16.8. The summed E-state index contributed by atoms with van der Waals surface area (Å²) >= 11 is 0. The minimum atomic E-state index is -0.684. The van der Waals surface area contributed by atoms with Crippen LogP contribution in [-0.4, -0.2) is 30.9 Å². The lowest BCUT2D eigenvalue weighted by molar-refractivity contribution is -0.383. The second-order valence-corrected chi connectivity index (χ2v) is 4.94. The number of aromatic nitrogens is 4. The highest BCUT2D eigenvalue weighted by Crippen LogP contribution is 2.30. The van der Waals surface area contributed by atoms with Crippen LogP contribution in [0.4, 0.5) is 23.1 Å². The molecule has 0 saturated heterocycles. The largest absolute Gasteiger partial charge is 0.360 e. The van der Waals surface area contributed by atoms with Crippen LogP contribution in [0.25, 0.3) is 0 Å². The van der Waals surface area contributed by atoms with Crippen LogP contribution in [0.2, 0.25) is 0 Å². The summed E-state index contributed by atoms with van der Waals surface area (Å²) in [4.78, 5) is 34.2. The van der Waals surface area contributed by atoms with Gasteiger partial charge in [-0.3, -0.25) is 30.7 Å². The fourth-order valence-corrected chi connectivity index (χ4v) is 1.97. The Labute approximate surface area is 145 Å². The van der Waals surface area contributed by atoms with Crippen molar-refractivity contribution in [1.29, 1.82) is 0 Å². The molecule has 3 N–H and O–H groups in total. The number of nitro groups is 1. The molecular formula is C14H12N8O4. The summed E-state index contributed by atoms with van der Waals surface area (Å²) < 4.78 is 4.89. The lowest BCUT2D eigenvalue weighted by Crippen LogP contribution is -2.30. The molecule has 1 amide bonds. The number of carbonyl (C=O) groups excluding carboxylic acids is 1. The van der Waals surface area contributed by atoms with Gasteiger partial charge < -0.3 is 9.84 Å². The lowest BCUT2D eigenvalue weighted by atomic mass is 10.3. The zero-order chi connectivity index (χ0) is 18.5. The van der Waals surface area contributed by atoms with Gasteiger partial charge in [-0.1, -0.05) is 5.16 Å². The number of amides is 1. The number of pyridine rings is 1. The minimum Gasteiger partial charge on any atom is -0.360 e. The molecule has 0 aliphatic rings. The van der Waals surface area contributed by atoms with Crippen LogP contribution in [0, 0.1) is 17.0 Å². The van der Waals surface area contributed by atoms with Crippen molar-refractivity contribution in [3.05, 3.63) is 58.4 Å². The summed E-state index contributed by atoms with van der Waals surface area (Å²) in [5.41, 5.74) is 4.61. The number of carbonyl (C=O) groups is 1. The van der Waals surface area contributed by atoms with Gasteiger partial charge in [-0.25, -0.2) is 9.97 Å². The Morgan fingerprint density at radius 3 is 2.62 bits per heavy atom. The molecule has 26 heavy (non-hydrogen) atoms. The van der Waals surface area contributed by atoms with E-state index in [4.69, 9.17) is 4.52 Å². The quantitative estimate of drug-likeness (QED) is 0.436. The van der Waals surface area contributed by atoms with Crippen molar-refractivity contribution < 1.29 is 14.2 Å². The lowest BCUT2D eigenvalue weighted by Gasteiger charge is -2.09. The fourth-order valence-electron chi connectivity index (χ4n) is 1.97. The first-order valence-electron chi connectivity index (χ1n) is 7.20. The molecule has 0 bridgehead atoms. The monoisotopic (exact) mass is 356 g/mol. The second kappa shape index (κ2) is 7.21. The van der Waals surface area contributed by atoms with Crippen LogP contribution < -0.4 is 16.2 Å². The van der Waals surface area contributed by atoms with E-state index in [0.29, 0.717) is 11.3 Å². The standard InChI is InChI=1S/C14H12N8O4/c1-8-6-10(21-26-8)18-12-11(22(24)25)13(17-7-16-12)19-20-14(23)9-2-4-15-5-3-9/h2-7H,1H3,(H,20,23)(H2,16,17,18,19,21). The Hall–Kier alpha value is -4.09. The van der Waals surface area contributed by atoms with E-state index >= 15 is 0 Å². The smallest absolute Gasteiger partial charge is 0.355 e. The molecule has 0 spiro atoms. The van der Waals surface area contributed by atoms with Gasteiger partial charge in [0.05, 0.1) is 4.92 Å². The average Bonchev–Trinajstić information content (AvgIpc) is 3.05. The van der Waals surface area contributed by atoms with E-state index in [1.54, 1.807) is 13.0 Å². The number of nitrogens with zero attached hydrogens (tertiary/aromatic N) is 5. The van der Waals surface area contributed by atoms with Gasteiger partial charge in [0.1, 0.15) is 12.1 Å². The number of hydrogen-bond donors (Lipinski definition) is 3. The number of anilines is 3. The second-order valence-electron chi connectivity index (χ2n) is 4.94. The van der Waals surface area contributed by atoms with Gasteiger partial charge in [0, 0.05) is 24.0 Å². The third-order valence-electron chi connectivity index (χ3n) is 3.12. The molecule has 0 atom stereocenters. The molecule has 132 valence electrons. The normalized spacial score (nSPS) is 10.2. The predicted molar refractivity (Wildman–Crippen MR) is 88.5 cm³/mol. The zero-order valence-electron chi connectivity index (χ0n) is 13.3. The van der Waals surface area contributed by atoms with Crippen molar-refractivity contribution in [2.24, 2.45) is 0 Å². The molecule has 3 aromatic rings. The van der Waals surface area contributed by atoms with Gasteiger partial charge in [0.2, 0.25) is 11.6 Å². The summed E-state index contributed by atoms with van der Waals surface area (Å²) in [5.74, 6) is -0.0562. The van der Waals surface area contributed by atoms with Gasteiger partial charge in [0.25, 0.3) is 5.91 Å². The summed E-state index contributed by atoms with van der Waals surface area (Å²) in [6.45, 7) is 1.67. The van der Waals surface area contributed by atoms with Gasteiger partial charge in [0.15, 0.2) is 5.82 Å². The SMILES string of the molecule is Cc1cc(Nc2ncnc(NNC(=O)c3ccncc3)c2[N+](=O)[O-])no1. The number of aryl methyl sites for hydroxylation is 1. The summed E-state index contributed by atoms with van der Waals surface area (Å²) in [6, 6.07) is 4.53. The Kier molecular flexibility index (Phi) is 4.65. The van der Waals surface area contributed by atoms with Gasteiger partial charge >= 0.3 is 5.69 Å². The zero-order valence-corrected chi connectivity index (χ0v) is 13.3. The molecule has 0 radical (unpaired) electrons.